The van der Waals surface area contributed by atoms with E-state index in [1.165, 1.54) is 44.1 Å². The van der Waals surface area contributed by atoms with Crippen LogP contribution in [0.15, 0.2) is 162 Å². The number of para-hydroxylation sites is 3. The number of aromatic nitrogens is 5. The maximum atomic E-state index is 6.44. The molecule has 0 radical (unpaired) electrons. The summed E-state index contributed by atoms with van der Waals surface area (Å²) >= 11 is 0. The second-order valence-electron chi connectivity index (χ2n) is 16.7. The van der Waals surface area contributed by atoms with E-state index in [1.54, 1.807) is 0 Å². The van der Waals surface area contributed by atoms with Crippen molar-refractivity contribution in [1.29, 1.82) is 0 Å². The quantitative estimate of drug-likeness (QED) is 0.179. The van der Waals surface area contributed by atoms with Gasteiger partial charge in [-0.3, -0.25) is 4.57 Å². The highest BCUT2D eigenvalue weighted by molar-refractivity contribution is 6.12. The summed E-state index contributed by atoms with van der Waals surface area (Å²) in [5, 5.41) is 5.88. The third kappa shape index (κ3) is 4.67. The van der Waals surface area contributed by atoms with E-state index in [2.05, 4.69) is 187 Å². The van der Waals surface area contributed by atoms with E-state index in [4.69, 9.17) is 19.4 Å². The van der Waals surface area contributed by atoms with E-state index < -0.39 is 0 Å². The van der Waals surface area contributed by atoms with Crippen LogP contribution in [0.3, 0.4) is 0 Å². The number of rotatable bonds is 4. The summed E-state index contributed by atoms with van der Waals surface area (Å²) in [6.07, 6.45) is 6.30. The van der Waals surface area contributed by atoms with Crippen LogP contribution in [0.5, 0.6) is 0 Å². The fourth-order valence-electron chi connectivity index (χ4n) is 10.2. The van der Waals surface area contributed by atoms with E-state index in [0.29, 0.717) is 17.6 Å². The Bertz CT molecular complexity index is 3600. The average Bonchev–Trinajstić information content (AvgIpc) is 4.00. The number of nitrogens with zero attached hydrogens (tertiary/aromatic N) is 5. The number of benzene rings is 7. The molecule has 6 heteroatoms. The van der Waals surface area contributed by atoms with Crippen LogP contribution in [0.25, 0.3) is 106 Å². The summed E-state index contributed by atoms with van der Waals surface area (Å²) < 4.78 is 11.0. The van der Waals surface area contributed by atoms with Gasteiger partial charge in [0.25, 0.3) is 0 Å². The predicted molar refractivity (Wildman–Crippen MR) is 244 cm³/mol. The van der Waals surface area contributed by atoms with Crippen molar-refractivity contribution in [3.05, 3.63) is 180 Å². The van der Waals surface area contributed by atoms with Gasteiger partial charge in [0.1, 0.15) is 11.3 Å². The van der Waals surface area contributed by atoms with Gasteiger partial charge >= 0.3 is 0 Å². The van der Waals surface area contributed by atoms with Crippen LogP contribution in [-0.4, -0.2) is 24.1 Å². The van der Waals surface area contributed by atoms with E-state index in [0.717, 1.165) is 73.7 Å². The highest BCUT2D eigenvalue weighted by Gasteiger charge is 2.36. The molecule has 0 saturated carbocycles. The first-order chi connectivity index (χ1) is 29.5. The fraction of sp³-hybridized carbons (Fsp3) is 0.0926. The van der Waals surface area contributed by atoms with Crippen molar-refractivity contribution in [2.75, 3.05) is 0 Å². The van der Waals surface area contributed by atoms with Crippen molar-refractivity contribution in [1.82, 2.24) is 24.1 Å². The van der Waals surface area contributed by atoms with E-state index in [-0.39, 0.29) is 5.41 Å². The third-order valence-corrected chi connectivity index (χ3v) is 13.0. The molecule has 284 valence electrons. The molecule has 2 aliphatic rings. The number of allylic oxidation sites excluding steroid dienone is 1. The molecule has 0 N–H and O–H groups in total. The number of fused-ring (bicyclic) bond motifs is 12. The molecule has 0 amide bonds. The van der Waals surface area contributed by atoms with Crippen LogP contribution in [0.2, 0.25) is 0 Å². The Morgan fingerprint density at radius 3 is 1.95 bits per heavy atom. The minimum atomic E-state index is -0.123. The Hall–Kier alpha value is -7.57. The third-order valence-electron chi connectivity index (χ3n) is 13.0. The van der Waals surface area contributed by atoms with Gasteiger partial charge in [0, 0.05) is 61.1 Å². The summed E-state index contributed by atoms with van der Waals surface area (Å²) in [5.41, 5.74) is 14.5. The Morgan fingerprint density at radius 2 is 1.18 bits per heavy atom. The zero-order valence-electron chi connectivity index (χ0n) is 33.1. The standard InChI is InChI=1S/C54H37N5O/c1-54(2)43-21-8-3-16-35(43)41-30-42-38-19-6-9-22-45(38)58(48(42)31-44(41)54)34-15-13-14-32(28-34)51-55-52(33-26-27-40-39-20-7-12-25-49(39)60-50(40)29-33)57-53(56-51)59-46-23-10-4-17-36(46)37-18-5-11-24-47(37)59/h3-11,13-24,26-31H,12,25H2,1-2H3. The Morgan fingerprint density at radius 1 is 0.517 bits per heavy atom. The molecule has 6 nitrogen and oxygen atoms in total. The zero-order chi connectivity index (χ0) is 39.7. The van der Waals surface area contributed by atoms with Gasteiger partial charge in [-0.25, -0.2) is 4.98 Å². The molecule has 0 atom stereocenters. The molecule has 0 fully saturated rings. The highest BCUT2D eigenvalue weighted by Crippen LogP contribution is 2.51. The lowest BCUT2D eigenvalue weighted by Crippen LogP contribution is -2.14. The SMILES string of the molecule is CC1(C)c2ccccc2-c2cc3c4ccccc4n(-c4cccc(-c5nc(-c6ccc7c8c(oc7c6)CCC=C8)nc(-n6c7ccccc7c7ccccc76)n5)c4)c3cc21. The monoisotopic (exact) mass is 771 g/mol. The molecule has 60 heavy (non-hydrogen) atoms. The van der Waals surface area contributed by atoms with Gasteiger partial charge in [-0.1, -0.05) is 123 Å². The van der Waals surface area contributed by atoms with Crippen LogP contribution in [-0.2, 0) is 11.8 Å². The van der Waals surface area contributed by atoms with Crippen LogP contribution in [0, 0.1) is 0 Å². The van der Waals surface area contributed by atoms with Crippen molar-refractivity contribution >= 4 is 60.7 Å². The smallest absolute Gasteiger partial charge is 0.238 e. The highest BCUT2D eigenvalue weighted by atomic mass is 16.3. The number of hydrogen-bond donors (Lipinski definition) is 0. The molecule has 0 bridgehead atoms. The molecule has 4 aromatic heterocycles. The molecule has 0 unspecified atom stereocenters. The predicted octanol–water partition coefficient (Wildman–Crippen LogP) is 13.4. The summed E-state index contributed by atoms with van der Waals surface area (Å²) in [7, 11) is 0. The first-order valence-corrected chi connectivity index (χ1v) is 20.7. The van der Waals surface area contributed by atoms with E-state index >= 15 is 0 Å². The molecular weight excluding hydrogens is 735 g/mol. The van der Waals surface area contributed by atoms with E-state index in [1.807, 2.05) is 0 Å². The Balaban J connectivity index is 1.04. The van der Waals surface area contributed by atoms with Crippen LogP contribution < -0.4 is 0 Å². The molecule has 11 aromatic rings. The number of furan rings is 1. The molecule has 4 heterocycles. The summed E-state index contributed by atoms with van der Waals surface area (Å²) in [5.74, 6) is 2.78. The molecule has 13 rings (SSSR count). The van der Waals surface area contributed by atoms with Gasteiger partial charge in [0.15, 0.2) is 11.6 Å². The first-order valence-electron chi connectivity index (χ1n) is 20.7. The van der Waals surface area contributed by atoms with Crippen molar-refractivity contribution in [2.45, 2.75) is 32.1 Å². The lowest BCUT2D eigenvalue weighted by atomic mass is 9.82. The first kappa shape index (κ1) is 33.4. The van der Waals surface area contributed by atoms with Gasteiger partial charge in [-0.05, 0) is 83.3 Å². The van der Waals surface area contributed by atoms with E-state index in [9.17, 15) is 0 Å². The second-order valence-corrected chi connectivity index (χ2v) is 16.7. The van der Waals surface area contributed by atoms with Gasteiger partial charge < -0.3 is 8.98 Å². The normalized spacial score (nSPS) is 14.1. The van der Waals surface area contributed by atoms with Crippen molar-refractivity contribution in [3.63, 3.8) is 0 Å². The van der Waals surface area contributed by atoms with Crippen LogP contribution >= 0.6 is 0 Å². The number of aryl methyl sites for hydroxylation is 1. The topological polar surface area (TPSA) is 61.7 Å². The molecular formula is C54H37N5O. The maximum absolute atomic E-state index is 6.44. The van der Waals surface area contributed by atoms with Gasteiger partial charge in [-0.2, -0.15) is 9.97 Å². The average molecular weight is 772 g/mol. The Kier molecular flexibility index (Phi) is 6.81. The van der Waals surface area contributed by atoms with Crippen molar-refractivity contribution < 1.29 is 4.42 Å². The van der Waals surface area contributed by atoms with Crippen molar-refractivity contribution in [2.24, 2.45) is 0 Å². The molecule has 2 aliphatic carbocycles. The van der Waals surface area contributed by atoms with Gasteiger partial charge in [0.2, 0.25) is 5.95 Å². The molecule has 7 aromatic carbocycles. The largest absolute Gasteiger partial charge is 0.460 e. The van der Waals surface area contributed by atoms with Crippen LogP contribution in [0.4, 0.5) is 0 Å². The minimum Gasteiger partial charge on any atom is -0.460 e. The summed E-state index contributed by atoms with van der Waals surface area (Å²) in [6.45, 7) is 4.69. The fourth-order valence-corrected chi connectivity index (χ4v) is 10.2. The van der Waals surface area contributed by atoms with Gasteiger partial charge in [0.05, 0.1) is 22.1 Å². The minimum absolute atomic E-state index is 0.123. The van der Waals surface area contributed by atoms with Crippen LogP contribution in [0.1, 0.15) is 42.7 Å². The van der Waals surface area contributed by atoms with Gasteiger partial charge in [-0.15, -0.1) is 0 Å². The Labute approximate surface area is 345 Å². The lowest BCUT2D eigenvalue weighted by molar-refractivity contribution is 0.546. The molecule has 0 aliphatic heterocycles. The molecule has 0 saturated heterocycles. The van der Waals surface area contributed by atoms with Crippen molar-refractivity contribution in [3.8, 4) is 45.5 Å². The summed E-state index contributed by atoms with van der Waals surface area (Å²) in [6, 6.07) is 54.4. The molecule has 0 spiro atoms. The lowest BCUT2D eigenvalue weighted by Gasteiger charge is -2.21. The number of hydrogen-bond acceptors (Lipinski definition) is 4. The maximum Gasteiger partial charge on any atom is 0.238 e. The zero-order valence-corrected chi connectivity index (χ0v) is 33.1. The second kappa shape index (κ2) is 12.2. The summed E-state index contributed by atoms with van der Waals surface area (Å²) in [4.78, 5) is 15.8.